The van der Waals surface area contributed by atoms with E-state index in [0.29, 0.717) is 37.7 Å². The van der Waals surface area contributed by atoms with E-state index in [1.165, 1.54) is 20.8 Å². The number of hydrogen-bond acceptors (Lipinski definition) is 8. The summed E-state index contributed by atoms with van der Waals surface area (Å²) in [5.74, 6) is -3.24. The average molecular weight is 489 g/mol. The van der Waals surface area contributed by atoms with Crippen LogP contribution in [0, 0.1) is 39.9 Å². The van der Waals surface area contributed by atoms with Crippen molar-refractivity contribution in [2.45, 2.75) is 66.2 Å². The number of ether oxygens (including phenoxy) is 3. The van der Waals surface area contributed by atoms with Crippen molar-refractivity contribution < 1.29 is 38.2 Å². The maximum Gasteiger partial charge on any atom is 0.302 e. The predicted molar refractivity (Wildman–Crippen MR) is 124 cm³/mol. The summed E-state index contributed by atoms with van der Waals surface area (Å²) < 4.78 is 16.6. The van der Waals surface area contributed by atoms with Gasteiger partial charge < -0.3 is 14.2 Å². The van der Waals surface area contributed by atoms with Crippen molar-refractivity contribution >= 4 is 29.5 Å². The zero-order chi connectivity index (χ0) is 25.8. The van der Waals surface area contributed by atoms with Crippen molar-refractivity contribution in [1.29, 1.82) is 0 Å². The number of esters is 3. The molecule has 5 saturated carbocycles. The van der Waals surface area contributed by atoms with Crippen LogP contribution < -0.4 is 0 Å². The Morgan fingerprint density at radius 2 is 1.57 bits per heavy atom. The molecule has 8 nitrogen and oxygen atoms in total. The maximum absolute atomic E-state index is 14.4. The SMILES string of the molecule is C=C1C(=O)[C@]23CC[C@H]1C[C@@H]2[C@]1(COC(C)=O)CCC[C@@](C)(COC(C)=O)C1C(COC(C)=O)C3=O. The minimum absolute atomic E-state index is 0.00343. The van der Waals surface area contributed by atoms with Crippen LogP contribution in [-0.2, 0) is 38.2 Å². The van der Waals surface area contributed by atoms with Gasteiger partial charge in [-0.2, -0.15) is 0 Å². The quantitative estimate of drug-likeness (QED) is 0.242. The Labute approximate surface area is 206 Å². The molecule has 0 amide bonds. The Morgan fingerprint density at radius 1 is 0.943 bits per heavy atom. The van der Waals surface area contributed by atoms with Gasteiger partial charge in [-0.1, -0.05) is 19.9 Å². The number of ketones is 2. The van der Waals surface area contributed by atoms with Crippen LogP contribution in [0.1, 0.15) is 66.2 Å². The van der Waals surface area contributed by atoms with Gasteiger partial charge in [-0.25, -0.2) is 0 Å². The molecule has 192 valence electrons. The molecule has 0 aromatic heterocycles. The van der Waals surface area contributed by atoms with Crippen LogP contribution in [0.25, 0.3) is 0 Å². The van der Waals surface area contributed by atoms with E-state index >= 15 is 0 Å². The van der Waals surface area contributed by atoms with E-state index in [9.17, 15) is 24.0 Å². The molecular formula is C27H36O8. The molecule has 2 bridgehead atoms. The lowest BCUT2D eigenvalue weighted by molar-refractivity contribution is -0.224. The summed E-state index contributed by atoms with van der Waals surface area (Å²) in [5.41, 5.74) is -2.05. The fourth-order valence-electron chi connectivity index (χ4n) is 8.26. The molecule has 5 aliphatic rings. The molecule has 0 aromatic rings. The van der Waals surface area contributed by atoms with E-state index < -0.39 is 46.0 Å². The van der Waals surface area contributed by atoms with Crippen molar-refractivity contribution in [2.75, 3.05) is 19.8 Å². The molecular weight excluding hydrogens is 452 g/mol. The van der Waals surface area contributed by atoms with Crippen LogP contribution >= 0.6 is 0 Å². The minimum atomic E-state index is -1.24. The molecule has 0 aliphatic heterocycles. The number of allylic oxidation sites excluding steroid dienone is 1. The van der Waals surface area contributed by atoms with Gasteiger partial charge in [0.15, 0.2) is 11.6 Å². The van der Waals surface area contributed by atoms with Gasteiger partial charge in [-0.3, -0.25) is 24.0 Å². The lowest BCUT2D eigenvalue weighted by atomic mass is 9.34. The largest absolute Gasteiger partial charge is 0.465 e. The molecule has 7 atom stereocenters. The zero-order valence-electron chi connectivity index (χ0n) is 21.1. The molecule has 5 aliphatic carbocycles. The number of rotatable bonds is 6. The lowest BCUT2D eigenvalue weighted by Gasteiger charge is -2.68. The monoisotopic (exact) mass is 488 g/mol. The first kappa shape index (κ1) is 25.6. The van der Waals surface area contributed by atoms with Gasteiger partial charge in [0, 0.05) is 31.6 Å². The Bertz CT molecular complexity index is 984. The molecule has 0 aromatic carbocycles. The Balaban J connectivity index is 1.91. The van der Waals surface area contributed by atoms with E-state index in [-0.39, 0.29) is 43.2 Å². The van der Waals surface area contributed by atoms with E-state index in [2.05, 4.69) is 6.58 Å². The van der Waals surface area contributed by atoms with Crippen LogP contribution in [0.5, 0.6) is 0 Å². The normalized spacial score (nSPS) is 39.9. The van der Waals surface area contributed by atoms with Gasteiger partial charge in [0.2, 0.25) is 0 Å². The Hall–Kier alpha value is -2.51. The van der Waals surface area contributed by atoms with Crippen LogP contribution in [0.4, 0.5) is 0 Å². The topological polar surface area (TPSA) is 113 Å². The highest BCUT2D eigenvalue weighted by Crippen LogP contribution is 2.71. The van der Waals surface area contributed by atoms with E-state index in [4.69, 9.17) is 14.2 Å². The smallest absolute Gasteiger partial charge is 0.302 e. The van der Waals surface area contributed by atoms with E-state index in [1.54, 1.807) is 0 Å². The van der Waals surface area contributed by atoms with Gasteiger partial charge in [0.05, 0.1) is 24.5 Å². The summed E-state index contributed by atoms with van der Waals surface area (Å²) in [5, 5.41) is 0. The van der Waals surface area contributed by atoms with Crippen LogP contribution in [-0.4, -0.2) is 49.3 Å². The van der Waals surface area contributed by atoms with Gasteiger partial charge in [-0.05, 0) is 55.4 Å². The van der Waals surface area contributed by atoms with Crippen molar-refractivity contribution in [2.24, 2.45) is 39.9 Å². The van der Waals surface area contributed by atoms with Crippen molar-refractivity contribution in [3.63, 3.8) is 0 Å². The Kier molecular flexibility index (Phi) is 6.47. The van der Waals surface area contributed by atoms with E-state index in [1.807, 2.05) is 6.92 Å². The second kappa shape index (κ2) is 8.86. The number of Topliss-reactive ketones (excluding diaryl/α,β-unsaturated/α-hetero) is 2. The lowest BCUT2D eigenvalue weighted by Crippen LogP contribution is -2.72. The molecule has 35 heavy (non-hydrogen) atoms. The third-order valence-electron chi connectivity index (χ3n) is 9.44. The summed E-state index contributed by atoms with van der Waals surface area (Å²) in [6, 6.07) is 0. The number of hydrogen-bond donors (Lipinski definition) is 0. The molecule has 5 fully saturated rings. The maximum atomic E-state index is 14.4. The highest BCUT2D eigenvalue weighted by atomic mass is 16.5. The first-order valence-corrected chi connectivity index (χ1v) is 12.6. The third kappa shape index (κ3) is 3.84. The van der Waals surface area contributed by atoms with Crippen LogP contribution in [0.3, 0.4) is 0 Å². The summed E-state index contributed by atoms with van der Waals surface area (Å²) in [6.07, 6.45) is 3.93. The number of carbonyl (C=O) groups is 5. The van der Waals surface area contributed by atoms with E-state index in [0.717, 1.165) is 6.42 Å². The first-order valence-electron chi connectivity index (χ1n) is 12.6. The van der Waals surface area contributed by atoms with Gasteiger partial charge in [-0.15, -0.1) is 0 Å². The average Bonchev–Trinajstić information content (AvgIpc) is 2.80. The predicted octanol–water partition coefficient (Wildman–Crippen LogP) is 3.21. The first-order chi connectivity index (χ1) is 16.4. The van der Waals surface area contributed by atoms with Crippen molar-refractivity contribution in [3.8, 4) is 0 Å². The van der Waals surface area contributed by atoms with Gasteiger partial charge in [0.25, 0.3) is 0 Å². The molecule has 1 spiro atoms. The zero-order valence-corrected chi connectivity index (χ0v) is 21.1. The van der Waals surface area contributed by atoms with Gasteiger partial charge in [0.1, 0.15) is 6.61 Å². The molecule has 0 saturated heterocycles. The van der Waals surface area contributed by atoms with Crippen molar-refractivity contribution in [1.82, 2.24) is 0 Å². The highest BCUT2D eigenvalue weighted by Gasteiger charge is 2.74. The fourth-order valence-corrected chi connectivity index (χ4v) is 8.26. The number of carbonyl (C=O) groups excluding carboxylic acids is 5. The second-order valence-corrected chi connectivity index (χ2v) is 11.4. The molecule has 8 heteroatoms. The Morgan fingerprint density at radius 3 is 2.20 bits per heavy atom. The number of fused-ring (bicyclic) bond motifs is 3. The summed E-state index contributed by atoms with van der Waals surface area (Å²) in [4.78, 5) is 63.8. The molecule has 0 heterocycles. The molecule has 0 N–H and O–H groups in total. The molecule has 0 radical (unpaired) electrons. The summed E-state index contributed by atoms with van der Waals surface area (Å²) in [7, 11) is 0. The highest BCUT2D eigenvalue weighted by molar-refractivity contribution is 6.17. The molecule has 2 unspecified atom stereocenters. The minimum Gasteiger partial charge on any atom is -0.465 e. The summed E-state index contributed by atoms with van der Waals surface area (Å²) >= 11 is 0. The van der Waals surface area contributed by atoms with Gasteiger partial charge >= 0.3 is 17.9 Å². The summed E-state index contributed by atoms with van der Waals surface area (Å²) in [6.45, 7) is 10.0. The standard InChI is InChI=1S/C27H36O8/c1-15-19-7-10-27(23(15)31)21(11-19)26(14-35-18(4)30)9-6-8-25(5,13-34-17(3)29)22(26)20(24(27)32)12-33-16(2)28/h19-22H,1,6-14H2,2-5H3/t19-,20?,21+,22?,25-,26+,27-/m0/s1. The molecule has 5 rings (SSSR count). The van der Waals surface area contributed by atoms with Crippen LogP contribution in [0.15, 0.2) is 12.2 Å². The second-order valence-electron chi connectivity index (χ2n) is 11.4. The van der Waals surface area contributed by atoms with Crippen molar-refractivity contribution in [3.05, 3.63) is 12.2 Å². The van der Waals surface area contributed by atoms with Crippen LogP contribution in [0.2, 0.25) is 0 Å². The fraction of sp³-hybridized carbons (Fsp3) is 0.741. The third-order valence-corrected chi connectivity index (χ3v) is 9.44.